The second kappa shape index (κ2) is 10.6. The van der Waals surface area contributed by atoms with Gasteiger partial charge in [-0.1, -0.05) is 18.2 Å². The molecule has 2 atom stereocenters. The van der Waals surface area contributed by atoms with Crippen molar-refractivity contribution in [1.29, 1.82) is 0 Å². The number of carbonyl (C=O) groups is 3. The van der Waals surface area contributed by atoms with E-state index in [-0.39, 0.29) is 42.4 Å². The fraction of sp³-hybridized carbons (Fsp3) is 0.464. The Morgan fingerprint density at radius 3 is 2.61 bits per heavy atom. The number of hydrogen-bond acceptors (Lipinski definition) is 6. The summed E-state index contributed by atoms with van der Waals surface area (Å²) in [6.07, 6.45) is 2.41. The molecule has 1 saturated heterocycles. The SMILES string of the molecule is CC(=O)N1C[C@H](c2ccc(OC(F)F)c(OCC3CC3)c2)C[C@@H]1C(=O)OCc1ccc2c(c1)C(=O)N(C)C2. The molecule has 2 fully saturated rings. The Labute approximate surface area is 219 Å². The first kappa shape index (κ1) is 25.9. The number of likely N-dealkylation sites (tertiary alicyclic amines) is 1. The average Bonchev–Trinajstić information content (AvgIpc) is 3.53. The number of halogens is 2. The van der Waals surface area contributed by atoms with Gasteiger partial charge in [0.1, 0.15) is 12.6 Å². The van der Waals surface area contributed by atoms with Crippen molar-refractivity contribution >= 4 is 17.8 Å². The highest BCUT2D eigenvalue weighted by molar-refractivity contribution is 5.98. The first-order chi connectivity index (χ1) is 18.2. The van der Waals surface area contributed by atoms with E-state index in [1.807, 2.05) is 12.1 Å². The Hall–Kier alpha value is -3.69. The molecule has 38 heavy (non-hydrogen) atoms. The molecule has 0 unspecified atom stereocenters. The van der Waals surface area contributed by atoms with Gasteiger partial charge in [0, 0.05) is 38.5 Å². The number of benzene rings is 2. The van der Waals surface area contributed by atoms with E-state index in [1.165, 1.54) is 17.9 Å². The minimum absolute atomic E-state index is 0.0190. The second-order valence-electron chi connectivity index (χ2n) is 10.2. The van der Waals surface area contributed by atoms with E-state index in [4.69, 9.17) is 9.47 Å². The average molecular weight is 529 g/mol. The Kier molecular flexibility index (Phi) is 7.23. The molecular weight excluding hydrogens is 498 g/mol. The number of rotatable bonds is 9. The molecule has 0 spiro atoms. The van der Waals surface area contributed by atoms with Crippen molar-refractivity contribution in [2.45, 2.75) is 57.9 Å². The molecule has 10 heteroatoms. The Morgan fingerprint density at radius 2 is 1.89 bits per heavy atom. The number of fused-ring (bicyclic) bond motifs is 1. The lowest BCUT2D eigenvalue weighted by Crippen LogP contribution is -2.40. The summed E-state index contributed by atoms with van der Waals surface area (Å²) >= 11 is 0. The van der Waals surface area contributed by atoms with Crippen LogP contribution in [-0.4, -0.2) is 60.4 Å². The molecule has 202 valence electrons. The number of carbonyl (C=O) groups excluding carboxylic acids is 3. The third-order valence-electron chi connectivity index (χ3n) is 7.34. The zero-order valence-corrected chi connectivity index (χ0v) is 21.3. The maximum Gasteiger partial charge on any atom is 0.387 e. The molecule has 2 aromatic rings. The fourth-order valence-corrected chi connectivity index (χ4v) is 5.06. The first-order valence-electron chi connectivity index (χ1n) is 12.7. The lowest BCUT2D eigenvalue weighted by Gasteiger charge is -2.21. The molecule has 2 aliphatic heterocycles. The van der Waals surface area contributed by atoms with E-state index in [9.17, 15) is 23.2 Å². The predicted octanol–water partition coefficient (Wildman–Crippen LogP) is 4.11. The van der Waals surface area contributed by atoms with Crippen molar-refractivity contribution in [1.82, 2.24) is 9.80 Å². The summed E-state index contributed by atoms with van der Waals surface area (Å²) in [5, 5.41) is 0. The van der Waals surface area contributed by atoms with Crippen LogP contribution in [0.3, 0.4) is 0 Å². The Balaban J connectivity index is 1.28. The van der Waals surface area contributed by atoms with Crippen LogP contribution >= 0.6 is 0 Å². The van der Waals surface area contributed by atoms with Crippen molar-refractivity contribution < 1.29 is 37.4 Å². The molecule has 1 aliphatic carbocycles. The molecular formula is C28H30F2N2O6. The maximum atomic E-state index is 13.1. The monoisotopic (exact) mass is 528 g/mol. The Morgan fingerprint density at radius 1 is 1.11 bits per heavy atom. The van der Waals surface area contributed by atoms with Crippen LogP contribution in [0.4, 0.5) is 8.78 Å². The third-order valence-corrected chi connectivity index (χ3v) is 7.34. The van der Waals surface area contributed by atoms with E-state index >= 15 is 0 Å². The van der Waals surface area contributed by atoms with Crippen LogP contribution in [0.5, 0.6) is 11.5 Å². The van der Waals surface area contributed by atoms with Crippen LogP contribution in [0.1, 0.15) is 59.2 Å². The number of esters is 1. The number of amides is 2. The van der Waals surface area contributed by atoms with Crippen LogP contribution in [-0.2, 0) is 27.5 Å². The third kappa shape index (κ3) is 5.58. The van der Waals surface area contributed by atoms with Crippen LogP contribution in [0.15, 0.2) is 36.4 Å². The van der Waals surface area contributed by atoms with Crippen molar-refractivity contribution in [3.63, 3.8) is 0 Å². The number of hydrogen-bond donors (Lipinski definition) is 0. The molecule has 0 aromatic heterocycles. The van der Waals surface area contributed by atoms with Crippen LogP contribution in [0.25, 0.3) is 0 Å². The zero-order valence-electron chi connectivity index (χ0n) is 21.3. The van der Waals surface area contributed by atoms with E-state index in [1.54, 1.807) is 30.1 Å². The summed E-state index contributed by atoms with van der Waals surface area (Å²) in [5.41, 5.74) is 2.99. The quantitative estimate of drug-likeness (QED) is 0.456. The smallest absolute Gasteiger partial charge is 0.387 e. The van der Waals surface area contributed by atoms with Gasteiger partial charge in [0.25, 0.3) is 5.91 Å². The zero-order chi connectivity index (χ0) is 27.0. The number of ether oxygens (including phenoxy) is 3. The van der Waals surface area contributed by atoms with Gasteiger partial charge in [-0.3, -0.25) is 9.59 Å². The van der Waals surface area contributed by atoms with Crippen LogP contribution in [0, 0.1) is 5.92 Å². The largest absolute Gasteiger partial charge is 0.489 e. The molecule has 0 N–H and O–H groups in total. The molecule has 3 aliphatic rings. The molecule has 0 radical (unpaired) electrons. The highest BCUT2D eigenvalue weighted by Gasteiger charge is 2.40. The molecule has 1 saturated carbocycles. The van der Waals surface area contributed by atoms with Crippen LogP contribution < -0.4 is 9.47 Å². The minimum atomic E-state index is -2.98. The van der Waals surface area contributed by atoms with Crippen molar-refractivity contribution in [2.75, 3.05) is 20.2 Å². The van der Waals surface area contributed by atoms with Gasteiger partial charge in [-0.2, -0.15) is 8.78 Å². The lowest BCUT2D eigenvalue weighted by molar-refractivity contribution is -0.154. The van der Waals surface area contributed by atoms with E-state index < -0.39 is 18.6 Å². The van der Waals surface area contributed by atoms with Gasteiger partial charge >= 0.3 is 12.6 Å². The summed E-state index contributed by atoms with van der Waals surface area (Å²) in [6, 6.07) is 9.41. The van der Waals surface area contributed by atoms with Gasteiger partial charge in [-0.25, -0.2) is 4.79 Å². The molecule has 2 amide bonds. The summed E-state index contributed by atoms with van der Waals surface area (Å²) in [6.45, 7) is -0.344. The van der Waals surface area contributed by atoms with E-state index in [0.717, 1.165) is 24.0 Å². The molecule has 5 rings (SSSR count). The van der Waals surface area contributed by atoms with Gasteiger partial charge in [-0.15, -0.1) is 0 Å². The number of nitrogens with zero attached hydrogens (tertiary/aromatic N) is 2. The van der Waals surface area contributed by atoms with Crippen molar-refractivity contribution in [2.24, 2.45) is 5.92 Å². The van der Waals surface area contributed by atoms with Crippen molar-refractivity contribution in [3.8, 4) is 11.5 Å². The van der Waals surface area contributed by atoms with Gasteiger partial charge in [0.15, 0.2) is 11.5 Å². The van der Waals surface area contributed by atoms with Gasteiger partial charge in [0.2, 0.25) is 5.91 Å². The summed E-state index contributed by atoms with van der Waals surface area (Å²) < 4.78 is 41.8. The fourth-order valence-electron chi connectivity index (χ4n) is 5.06. The highest BCUT2D eigenvalue weighted by atomic mass is 19.3. The summed E-state index contributed by atoms with van der Waals surface area (Å²) in [5.74, 6) is -0.472. The second-order valence-corrected chi connectivity index (χ2v) is 10.2. The molecule has 2 aromatic carbocycles. The topological polar surface area (TPSA) is 85.4 Å². The van der Waals surface area contributed by atoms with Crippen LogP contribution in [0.2, 0.25) is 0 Å². The molecule has 8 nitrogen and oxygen atoms in total. The summed E-state index contributed by atoms with van der Waals surface area (Å²) in [4.78, 5) is 40.8. The lowest BCUT2D eigenvalue weighted by atomic mass is 9.96. The Bertz CT molecular complexity index is 1250. The number of alkyl halides is 2. The minimum Gasteiger partial charge on any atom is -0.489 e. The van der Waals surface area contributed by atoms with E-state index in [0.29, 0.717) is 36.6 Å². The molecule has 2 heterocycles. The van der Waals surface area contributed by atoms with E-state index in [2.05, 4.69) is 4.74 Å². The normalized spacial score (nSPS) is 20.6. The van der Waals surface area contributed by atoms with Crippen molar-refractivity contribution in [3.05, 3.63) is 58.7 Å². The highest BCUT2D eigenvalue weighted by Crippen LogP contribution is 2.39. The molecule has 0 bridgehead atoms. The summed E-state index contributed by atoms with van der Waals surface area (Å²) in [7, 11) is 1.73. The van der Waals surface area contributed by atoms with Gasteiger partial charge in [0.05, 0.1) is 6.61 Å². The predicted molar refractivity (Wildman–Crippen MR) is 132 cm³/mol. The van der Waals surface area contributed by atoms with Gasteiger partial charge < -0.3 is 24.0 Å². The maximum absolute atomic E-state index is 13.1. The first-order valence-corrected chi connectivity index (χ1v) is 12.7. The standard InChI is InChI=1S/C28H30F2N2O6/c1-16(33)32-13-21(19-7-8-24(38-28(29)30)25(11-19)36-14-17-3-4-17)10-23(32)27(35)37-15-18-5-6-20-12-31(2)26(34)22(20)9-18/h5-9,11,17,21,23,28H,3-4,10,12-15H2,1-2H3/t21-,23-/m1/s1. The van der Waals surface area contributed by atoms with Gasteiger partial charge in [-0.05, 0) is 60.1 Å².